The number of rotatable bonds is 17. The summed E-state index contributed by atoms with van der Waals surface area (Å²) in [5, 5.41) is 32.8. The minimum atomic E-state index is -1.21. The number of carbonyl (C=O) groups excluding carboxylic acids is 1. The number of nitrogens with one attached hydrogen (secondary N) is 1. The van der Waals surface area contributed by atoms with E-state index >= 15 is 0 Å². The third kappa shape index (κ3) is 9.84. The van der Waals surface area contributed by atoms with Gasteiger partial charge in [-0.05, 0) is 38.7 Å². The van der Waals surface area contributed by atoms with E-state index in [-0.39, 0.29) is 29.5 Å². The van der Waals surface area contributed by atoms with Gasteiger partial charge in [0.25, 0.3) is 5.69 Å². The number of ether oxygens (including phenoxy) is 1. The van der Waals surface area contributed by atoms with Crippen molar-refractivity contribution in [3.8, 4) is 6.07 Å². The molecule has 0 saturated heterocycles. The Labute approximate surface area is 230 Å². The number of nitro benzene ring substituents is 1. The van der Waals surface area contributed by atoms with Gasteiger partial charge in [0, 0.05) is 36.0 Å². The first kappa shape index (κ1) is 31.5. The Morgan fingerprint density at radius 3 is 2.31 bits per heavy atom. The van der Waals surface area contributed by atoms with Gasteiger partial charge in [-0.2, -0.15) is 5.26 Å². The molecule has 1 aromatic rings. The van der Waals surface area contributed by atoms with Crippen LogP contribution in [0.3, 0.4) is 0 Å². The van der Waals surface area contributed by atoms with Gasteiger partial charge >= 0.3 is 11.9 Å². The molecule has 4 N–H and O–H groups in total. The van der Waals surface area contributed by atoms with E-state index in [1.807, 2.05) is 0 Å². The van der Waals surface area contributed by atoms with Gasteiger partial charge < -0.3 is 20.9 Å². The van der Waals surface area contributed by atoms with E-state index < -0.39 is 22.8 Å². The lowest BCUT2D eigenvalue weighted by molar-refractivity contribution is -0.384. The van der Waals surface area contributed by atoms with Gasteiger partial charge in [-0.1, -0.05) is 57.1 Å². The first-order valence-corrected chi connectivity index (χ1v) is 13.6. The van der Waals surface area contributed by atoms with Gasteiger partial charge in [-0.15, -0.1) is 0 Å². The van der Waals surface area contributed by atoms with Gasteiger partial charge in [0.05, 0.1) is 34.7 Å². The SMILES string of the molecule is CC1=C(C(=O)O)C(c2cccc([N+](=O)[O-])c2)C(C(=O)OCCCCCCCCCCC(N)CCC#N)=C(C)N1. The molecule has 2 rings (SSSR count). The van der Waals surface area contributed by atoms with Gasteiger partial charge in [-0.25, -0.2) is 9.59 Å². The molecule has 10 nitrogen and oxygen atoms in total. The van der Waals surface area contributed by atoms with Crippen LogP contribution in [0.5, 0.6) is 0 Å². The van der Waals surface area contributed by atoms with Crippen LogP contribution in [-0.2, 0) is 14.3 Å². The summed E-state index contributed by atoms with van der Waals surface area (Å²) in [5.74, 6) is -2.83. The number of nitrogens with zero attached hydrogens (tertiary/aromatic N) is 2. The van der Waals surface area contributed by atoms with Crippen LogP contribution in [0.25, 0.3) is 0 Å². The maximum Gasteiger partial charge on any atom is 0.336 e. The monoisotopic (exact) mass is 540 g/mol. The lowest BCUT2D eigenvalue weighted by atomic mass is 9.80. The Morgan fingerprint density at radius 1 is 1.08 bits per heavy atom. The smallest absolute Gasteiger partial charge is 0.336 e. The van der Waals surface area contributed by atoms with E-state index in [4.69, 9.17) is 15.7 Å². The number of nitrogens with two attached hydrogens (primary N) is 1. The van der Waals surface area contributed by atoms with Crippen LogP contribution in [0.4, 0.5) is 5.69 Å². The number of hydrogen-bond acceptors (Lipinski definition) is 8. The molecule has 1 aliphatic heterocycles. The summed E-state index contributed by atoms with van der Waals surface area (Å²) in [6.07, 6.45) is 10.5. The van der Waals surface area contributed by atoms with Gasteiger partial charge in [0.1, 0.15) is 0 Å². The molecule has 10 heteroatoms. The highest BCUT2D eigenvalue weighted by Gasteiger charge is 2.37. The third-order valence-corrected chi connectivity index (χ3v) is 6.95. The first-order chi connectivity index (χ1) is 18.7. The van der Waals surface area contributed by atoms with E-state index in [0.717, 1.165) is 57.8 Å². The maximum atomic E-state index is 13.1. The fourth-order valence-electron chi connectivity index (χ4n) is 4.91. The summed E-state index contributed by atoms with van der Waals surface area (Å²) in [4.78, 5) is 36.0. The number of non-ortho nitro benzene ring substituents is 1. The minimum Gasteiger partial charge on any atom is -0.478 e. The standard InChI is InChI=1S/C29H40N4O6/c1-20-25(28(34)35)27(22-13-11-16-24(19-22)33(37)38)26(21(2)32-20)29(36)39-18-10-8-6-4-3-5-7-9-14-23(31)15-12-17-30/h11,13,16,19,23,27,32H,3-10,12,14-15,18,31H2,1-2H3,(H,34,35). The molecule has 2 unspecified atom stereocenters. The van der Waals surface area contributed by atoms with Crippen LogP contribution >= 0.6 is 0 Å². The molecule has 0 saturated carbocycles. The highest BCUT2D eigenvalue weighted by Crippen LogP contribution is 2.39. The Hall–Kier alpha value is -3.71. The lowest BCUT2D eigenvalue weighted by Gasteiger charge is -2.29. The van der Waals surface area contributed by atoms with Crippen LogP contribution in [0.1, 0.15) is 96.0 Å². The quantitative estimate of drug-likeness (QED) is 0.0985. The number of allylic oxidation sites excluding steroid dienone is 2. The molecule has 1 heterocycles. The number of esters is 1. The Morgan fingerprint density at radius 2 is 1.69 bits per heavy atom. The highest BCUT2D eigenvalue weighted by atomic mass is 16.6. The second-order valence-electron chi connectivity index (χ2n) is 10.0. The fraction of sp³-hybridized carbons (Fsp3) is 0.552. The molecule has 0 fully saturated rings. The summed E-state index contributed by atoms with van der Waals surface area (Å²) in [7, 11) is 0. The van der Waals surface area contributed by atoms with Gasteiger partial charge in [0.2, 0.25) is 0 Å². The molecular formula is C29H40N4O6. The van der Waals surface area contributed by atoms with E-state index in [9.17, 15) is 24.8 Å². The number of carboxylic acids is 1. The summed E-state index contributed by atoms with van der Waals surface area (Å²) in [6, 6.07) is 7.94. The average molecular weight is 541 g/mol. The molecule has 212 valence electrons. The Kier molecular flexibility index (Phi) is 13.2. The minimum absolute atomic E-state index is 0.0443. The van der Waals surface area contributed by atoms with Crippen molar-refractivity contribution in [2.75, 3.05) is 6.61 Å². The second-order valence-corrected chi connectivity index (χ2v) is 10.0. The van der Waals surface area contributed by atoms with Crippen LogP contribution < -0.4 is 11.1 Å². The molecule has 2 atom stereocenters. The number of aliphatic carboxylic acids is 1. The fourth-order valence-corrected chi connectivity index (χ4v) is 4.91. The predicted molar refractivity (Wildman–Crippen MR) is 147 cm³/mol. The maximum absolute atomic E-state index is 13.1. The highest BCUT2D eigenvalue weighted by molar-refractivity contribution is 5.99. The molecule has 0 amide bonds. The van der Waals surface area contributed by atoms with Crippen LogP contribution in [-0.4, -0.2) is 34.6 Å². The molecular weight excluding hydrogens is 500 g/mol. The molecule has 0 aliphatic carbocycles. The summed E-state index contributed by atoms with van der Waals surface area (Å²) < 4.78 is 5.54. The van der Waals surface area contributed by atoms with E-state index in [1.165, 1.54) is 18.2 Å². The van der Waals surface area contributed by atoms with Crippen LogP contribution in [0, 0.1) is 21.4 Å². The van der Waals surface area contributed by atoms with Crippen molar-refractivity contribution in [1.29, 1.82) is 5.26 Å². The molecule has 0 spiro atoms. The van der Waals surface area contributed by atoms with Crippen LogP contribution in [0.2, 0.25) is 0 Å². The molecule has 0 bridgehead atoms. The predicted octanol–water partition coefficient (Wildman–Crippen LogP) is 5.60. The Bertz CT molecular complexity index is 1120. The van der Waals surface area contributed by atoms with Crippen LogP contribution in [0.15, 0.2) is 46.8 Å². The largest absolute Gasteiger partial charge is 0.478 e. The van der Waals surface area contributed by atoms with Crippen molar-refractivity contribution in [1.82, 2.24) is 5.32 Å². The zero-order chi connectivity index (χ0) is 28.8. The van der Waals surface area contributed by atoms with Crippen molar-refractivity contribution >= 4 is 17.6 Å². The number of unbranched alkanes of at least 4 members (excludes halogenated alkanes) is 7. The van der Waals surface area contributed by atoms with Crippen molar-refractivity contribution in [2.45, 2.75) is 96.4 Å². The molecule has 1 aromatic carbocycles. The number of nitro groups is 1. The van der Waals surface area contributed by atoms with Crippen molar-refractivity contribution in [3.05, 3.63) is 62.5 Å². The van der Waals surface area contributed by atoms with Gasteiger partial charge in [-0.3, -0.25) is 10.1 Å². The third-order valence-electron chi connectivity index (χ3n) is 6.95. The molecule has 0 aromatic heterocycles. The normalized spacial score (nSPS) is 15.9. The zero-order valence-corrected chi connectivity index (χ0v) is 22.9. The summed E-state index contributed by atoms with van der Waals surface area (Å²) >= 11 is 0. The van der Waals surface area contributed by atoms with E-state index in [0.29, 0.717) is 29.8 Å². The van der Waals surface area contributed by atoms with Crippen molar-refractivity contribution in [2.24, 2.45) is 5.73 Å². The lowest BCUT2D eigenvalue weighted by Crippen LogP contribution is -2.32. The second kappa shape index (κ2) is 16.3. The Balaban J connectivity index is 1.85. The summed E-state index contributed by atoms with van der Waals surface area (Å²) in [6.45, 7) is 3.48. The topological polar surface area (TPSA) is 169 Å². The number of nitriles is 1. The number of carboxylic acid groups (broad SMARTS) is 1. The zero-order valence-electron chi connectivity index (χ0n) is 22.9. The molecule has 39 heavy (non-hydrogen) atoms. The van der Waals surface area contributed by atoms with E-state index in [2.05, 4.69) is 11.4 Å². The average Bonchev–Trinajstić information content (AvgIpc) is 2.89. The number of carbonyl (C=O) groups is 2. The number of benzene rings is 1. The molecule has 0 radical (unpaired) electrons. The molecule has 1 aliphatic rings. The van der Waals surface area contributed by atoms with E-state index in [1.54, 1.807) is 19.9 Å². The summed E-state index contributed by atoms with van der Waals surface area (Å²) in [5.41, 5.74) is 7.08. The first-order valence-electron chi connectivity index (χ1n) is 13.6. The van der Waals surface area contributed by atoms with Crippen molar-refractivity contribution < 1.29 is 24.4 Å². The number of dihydropyridines is 1. The number of hydrogen-bond donors (Lipinski definition) is 3. The van der Waals surface area contributed by atoms with Crippen molar-refractivity contribution in [3.63, 3.8) is 0 Å². The van der Waals surface area contributed by atoms with Gasteiger partial charge in [0.15, 0.2) is 0 Å².